The second-order valence-corrected chi connectivity index (χ2v) is 11.7. The van der Waals surface area contributed by atoms with Crippen LogP contribution in [0.15, 0.2) is 83.4 Å². The number of carbonyl (C=O) groups is 1. The quantitative estimate of drug-likeness (QED) is 0.297. The van der Waals surface area contributed by atoms with Crippen molar-refractivity contribution in [2.24, 2.45) is 0 Å². The first kappa shape index (κ1) is 26.8. The SMILES string of the molecule is Cc1noc(-c2ccc(-c3ccc(C4(C(=O)NS(C)(=O)=O)CC4)cc3)cc2)c1C(O)COCc1ccccc1. The average Bonchev–Trinajstić information content (AvgIpc) is 3.65. The number of aliphatic hydroxyl groups is 1. The highest BCUT2D eigenvalue weighted by molar-refractivity contribution is 7.89. The molecule has 1 heterocycles. The highest BCUT2D eigenvalue weighted by Gasteiger charge is 2.52. The zero-order valence-corrected chi connectivity index (χ0v) is 22.6. The number of amides is 1. The van der Waals surface area contributed by atoms with Crippen LogP contribution in [0.2, 0.25) is 0 Å². The molecule has 4 aromatic rings. The van der Waals surface area contributed by atoms with Crippen molar-refractivity contribution in [2.45, 2.75) is 37.9 Å². The molecule has 0 spiro atoms. The number of nitrogens with zero attached hydrogens (tertiary/aromatic N) is 1. The highest BCUT2D eigenvalue weighted by Crippen LogP contribution is 2.48. The van der Waals surface area contributed by atoms with Gasteiger partial charge in [-0.05, 0) is 42.0 Å². The molecule has 5 rings (SSSR count). The van der Waals surface area contributed by atoms with E-state index in [1.165, 1.54) is 0 Å². The van der Waals surface area contributed by atoms with E-state index in [4.69, 9.17) is 9.26 Å². The van der Waals surface area contributed by atoms with Gasteiger partial charge in [0, 0.05) is 5.56 Å². The Hall–Kier alpha value is -3.79. The number of nitrogens with one attached hydrogen (secondary N) is 1. The topological polar surface area (TPSA) is 119 Å². The second-order valence-electron chi connectivity index (χ2n) is 9.97. The summed E-state index contributed by atoms with van der Waals surface area (Å²) >= 11 is 0. The number of hydrogen-bond donors (Lipinski definition) is 2. The van der Waals surface area contributed by atoms with E-state index in [1.54, 1.807) is 6.92 Å². The zero-order valence-electron chi connectivity index (χ0n) is 21.8. The molecule has 1 fully saturated rings. The second kappa shape index (κ2) is 10.8. The number of aromatic nitrogens is 1. The summed E-state index contributed by atoms with van der Waals surface area (Å²) in [6, 6.07) is 25.1. The molecule has 0 bridgehead atoms. The Balaban J connectivity index is 1.28. The Labute approximate surface area is 227 Å². The summed E-state index contributed by atoms with van der Waals surface area (Å²) in [5.41, 5.74) is 4.94. The number of ether oxygens (including phenoxy) is 1. The Kier molecular flexibility index (Phi) is 7.40. The number of aryl methyl sites for hydroxylation is 1. The first-order chi connectivity index (χ1) is 18.7. The van der Waals surface area contributed by atoms with Crippen molar-refractivity contribution in [3.63, 3.8) is 0 Å². The number of hydrogen-bond acceptors (Lipinski definition) is 7. The van der Waals surface area contributed by atoms with Gasteiger partial charge in [-0.15, -0.1) is 0 Å². The summed E-state index contributed by atoms with van der Waals surface area (Å²) < 4.78 is 36.5. The maximum atomic E-state index is 12.5. The molecule has 1 atom stereocenters. The summed E-state index contributed by atoms with van der Waals surface area (Å²) in [5, 5.41) is 14.9. The van der Waals surface area contributed by atoms with Crippen LogP contribution < -0.4 is 4.72 Å². The number of carbonyl (C=O) groups excluding carboxylic acids is 1. The Bertz CT molecular complexity index is 1560. The number of aliphatic hydroxyl groups excluding tert-OH is 1. The van der Waals surface area contributed by atoms with Crippen LogP contribution in [-0.2, 0) is 31.6 Å². The monoisotopic (exact) mass is 546 g/mol. The standard InChI is InChI=1S/C30H30N2O6S/c1-20-27(26(33)19-37-18-21-6-4-3-5-7-21)28(38-31-20)24-10-8-22(9-11-24)23-12-14-25(15-13-23)30(16-17-30)29(34)32-39(2,35)36/h3-15,26,33H,16-19H2,1-2H3,(H,32,34). The van der Waals surface area contributed by atoms with Gasteiger partial charge in [-0.3, -0.25) is 9.52 Å². The molecule has 0 aliphatic heterocycles. The molecule has 1 saturated carbocycles. The van der Waals surface area contributed by atoms with Crippen LogP contribution >= 0.6 is 0 Å². The molecule has 8 nitrogen and oxygen atoms in total. The van der Waals surface area contributed by atoms with E-state index in [2.05, 4.69) is 9.88 Å². The minimum Gasteiger partial charge on any atom is -0.386 e. The highest BCUT2D eigenvalue weighted by atomic mass is 32.2. The van der Waals surface area contributed by atoms with Gasteiger partial charge < -0.3 is 14.4 Å². The van der Waals surface area contributed by atoms with Crippen LogP contribution in [-0.4, -0.2) is 37.5 Å². The molecule has 39 heavy (non-hydrogen) atoms. The molecule has 2 N–H and O–H groups in total. The predicted octanol–water partition coefficient (Wildman–Crippen LogP) is 4.67. The molecule has 0 radical (unpaired) electrons. The summed E-state index contributed by atoms with van der Waals surface area (Å²) in [7, 11) is -3.61. The van der Waals surface area contributed by atoms with Gasteiger partial charge in [-0.1, -0.05) is 84.0 Å². The first-order valence-corrected chi connectivity index (χ1v) is 14.5. The van der Waals surface area contributed by atoms with E-state index in [9.17, 15) is 18.3 Å². The smallest absolute Gasteiger partial charge is 0.244 e. The lowest BCUT2D eigenvalue weighted by Gasteiger charge is -2.15. The molecule has 1 aliphatic carbocycles. The first-order valence-electron chi connectivity index (χ1n) is 12.7. The van der Waals surface area contributed by atoms with Crippen LogP contribution in [0.4, 0.5) is 0 Å². The van der Waals surface area contributed by atoms with Crippen LogP contribution in [0.25, 0.3) is 22.5 Å². The van der Waals surface area contributed by atoms with Crippen molar-refractivity contribution < 1.29 is 27.6 Å². The van der Waals surface area contributed by atoms with Crippen LogP contribution in [0.3, 0.4) is 0 Å². The third-order valence-electron chi connectivity index (χ3n) is 7.01. The maximum absolute atomic E-state index is 12.5. The van der Waals surface area contributed by atoms with Gasteiger partial charge in [0.15, 0.2) is 5.76 Å². The van der Waals surface area contributed by atoms with Crippen LogP contribution in [0.1, 0.15) is 41.3 Å². The summed E-state index contributed by atoms with van der Waals surface area (Å²) in [6.45, 7) is 2.30. The molecule has 3 aromatic carbocycles. The lowest BCUT2D eigenvalue weighted by molar-refractivity contribution is -0.121. The fraction of sp³-hybridized carbons (Fsp3) is 0.267. The van der Waals surface area contributed by atoms with Crippen molar-refractivity contribution >= 4 is 15.9 Å². The van der Waals surface area contributed by atoms with E-state index >= 15 is 0 Å². The van der Waals surface area contributed by atoms with Crippen LogP contribution in [0, 0.1) is 6.92 Å². The molecule has 9 heteroatoms. The number of sulfonamides is 1. The van der Waals surface area contributed by atoms with Gasteiger partial charge in [-0.2, -0.15) is 0 Å². The third kappa shape index (κ3) is 5.95. The van der Waals surface area contributed by atoms with Gasteiger partial charge in [0.1, 0.15) is 6.10 Å². The van der Waals surface area contributed by atoms with Crippen molar-refractivity contribution in [1.29, 1.82) is 0 Å². The Morgan fingerprint density at radius 2 is 1.59 bits per heavy atom. The fourth-order valence-corrected chi connectivity index (χ4v) is 5.29. The number of benzene rings is 3. The molecule has 1 aliphatic rings. The minimum absolute atomic E-state index is 0.109. The molecular formula is C30H30N2O6S. The maximum Gasteiger partial charge on any atom is 0.244 e. The van der Waals surface area contributed by atoms with Gasteiger partial charge in [0.2, 0.25) is 15.9 Å². The van der Waals surface area contributed by atoms with E-state index in [1.807, 2.05) is 78.9 Å². The van der Waals surface area contributed by atoms with Gasteiger partial charge in [-0.25, -0.2) is 8.42 Å². The summed E-state index contributed by atoms with van der Waals surface area (Å²) in [5.74, 6) is 0.0192. The van der Waals surface area contributed by atoms with Crippen molar-refractivity contribution in [2.75, 3.05) is 12.9 Å². The largest absolute Gasteiger partial charge is 0.386 e. The van der Waals surface area contributed by atoms with Gasteiger partial charge in [0.25, 0.3) is 0 Å². The van der Waals surface area contributed by atoms with E-state index in [0.29, 0.717) is 36.5 Å². The predicted molar refractivity (Wildman–Crippen MR) is 147 cm³/mol. The third-order valence-corrected chi connectivity index (χ3v) is 7.57. The summed E-state index contributed by atoms with van der Waals surface area (Å²) in [6.07, 6.45) is 1.32. The summed E-state index contributed by atoms with van der Waals surface area (Å²) in [4.78, 5) is 12.5. The number of rotatable bonds is 10. The van der Waals surface area contributed by atoms with E-state index in [-0.39, 0.29) is 6.61 Å². The fourth-order valence-electron chi connectivity index (χ4n) is 4.76. The van der Waals surface area contributed by atoms with Gasteiger partial charge in [0.05, 0.1) is 36.1 Å². The average molecular weight is 547 g/mol. The molecular weight excluding hydrogens is 516 g/mol. The minimum atomic E-state index is -3.61. The Morgan fingerprint density at radius 1 is 1.00 bits per heavy atom. The van der Waals surface area contributed by atoms with Crippen molar-refractivity contribution in [3.05, 3.63) is 101 Å². The van der Waals surface area contributed by atoms with Crippen molar-refractivity contribution in [3.8, 4) is 22.5 Å². The van der Waals surface area contributed by atoms with Gasteiger partial charge >= 0.3 is 0 Å². The van der Waals surface area contributed by atoms with E-state index < -0.39 is 27.4 Å². The lowest BCUT2D eigenvalue weighted by atomic mass is 9.93. The zero-order chi connectivity index (χ0) is 27.6. The van der Waals surface area contributed by atoms with Crippen LogP contribution in [0.5, 0.6) is 0 Å². The molecule has 1 amide bonds. The van der Waals surface area contributed by atoms with E-state index in [0.717, 1.165) is 34.1 Å². The molecule has 1 unspecified atom stereocenters. The van der Waals surface area contributed by atoms with Crippen molar-refractivity contribution in [1.82, 2.24) is 9.88 Å². The molecule has 202 valence electrons. The molecule has 0 saturated heterocycles. The Morgan fingerprint density at radius 3 is 2.18 bits per heavy atom. The lowest BCUT2D eigenvalue weighted by Crippen LogP contribution is -2.38. The normalized spacial score (nSPS) is 15.1. The molecule has 1 aromatic heterocycles.